The molecule has 0 aliphatic carbocycles. The number of amides is 1. The standard InChI is InChI=1S/C12H11N3O4S/c1-7(16)19-9-5-3-2-4-8(9)11(17)14-12-13-6-10(15-18)20-12/h2-7,16H,1H3,(H,13,14,17). The third-order valence-electron chi connectivity index (χ3n) is 2.23. The van der Waals surface area contributed by atoms with Gasteiger partial charge in [-0.25, -0.2) is 4.98 Å². The van der Waals surface area contributed by atoms with Gasteiger partial charge in [0, 0.05) is 0 Å². The van der Waals surface area contributed by atoms with Crippen LogP contribution in [0, 0.1) is 4.91 Å². The third-order valence-corrected chi connectivity index (χ3v) is 3.02. The Balaban J connectivity index is 2.18. The summed E-state index contributed by atoms with van der Waals surface area (Å²) in [6.45, 7) is 1.44. The number of nitrogens with one attached hydrogen (secondary N) is 1. The summed E-state index contributed by atoms with van der Waals surface area (Å²) in [4.78, 5) is 26.3. The van der Waals surface area contributed by atoms with E-state index in [0.29, 0.717) is 0 Å². The number of anilines is 1. The van der Waals surface area contributed by atoms with Crippen molar-refractivity contribution in [3.05, 3.63) is 40.9 Å². The Hall–Kier alpha value is -2.32. The van der Waals surface area contributed by atoms with E-state index in [1.807, 2.05) is 0 Å². The molecule has 1 unspecified atom stereocenters. The zero-order chi connectivity index (χ0) is 14.5. The summed E-state index contributed by atoms with van der Waals surface area (Å²) < 4.78 is 5.14. The van der Waals surface area contributed by atoms with Gasteiger partial charge in [-0.15, -0.1) is 4.91 Å². The van der Waals surface area contributed by atoms with Crippen molar-refractivity contribution in [3.63, 3.8) is 0 Å². The smallest absolute Gasteiger partial charge is 0.261 e. The molecule has 1 heterocycles. The highest BCUT2D eigenvalue weighted by Gasteiger charge is 2.15. The van der Waals surface area contributed by atoms with Gasteiger partial charge in [0.25, 0.3) is 5.91 Å². The van der Waals surface area contributed by atoms with Crippen LogP contribution in [0.25, 0.3) is 0 Å². The molecule has 2 N–H and O–H groups in total. The van der Waals surface area contributed by atoms with Crippen LogP contribution in [0.15, 0.2) is 35.6 Å². The van der Waals surface area contributed by atoms with Crippen molar-refractivity contribution in [1.29, 1.82) is 0 Å². The van der Waals surface area contributed by atoms with Crippen LogP contribution in [0.4, 0.5) is 10.1 Å². The number of aliphatic hydroxyl groups is 1. The second kappa shape index (κ2) is 6.22. The lowest BCUT2D eigenvalue weighted by molar-refractivity contribution is -0.000727. The molecule has 2 rings (SSSR count). The van der Waals surface area contributed by atoms with Gasteiger partial charge in [0.15, 0.2) is 16.4 Å². The molecule has 0 radical (unpaired) electrons. The van der Waals surface area contributed by atoms with Crippen LogP contribution in [0.1, 0.15) is 17.3 Å². The summed E-state index contributed by atoms with van der Waals surface area (Å²) in [5.41, 5.74) is 0.254. The number of para-hydroxylation sites is 1. The van der Waals surface area contributed by atoms with Crippen LogP contribution in [0.5, 0.6) is 5.75 Å². The highest BCUT2D eigenvalue weighted by molar-refractivity contribution is 7.19. The molecule has 0 spiro atoms. The molecule has 0 fully saturated rings. The number of rotatable bonds is 5. The average Bonchev–Trinajstić information content (AvgIpc) is 2.86. The summed E-state index contributed by atoms with van der Waals surface area (Å²) in [7, 11) is 0. The zero-order valence-electron chi connectivity index (χ0n) is 10.4. The van der Waals surface area contributed by atoms with Gasteiger partial charge in [0.1, 0.15) is 5.75 Å². The molecule has 1 aromatic carbocycles. The lowest BCUT2D eigenvalue weighted by Crippen LogP contribution is -2.16. The fraction of sp³-hybridized carbons (Fsp3) is 0.167. The molecule has 0 aliphatic rings. The number of benzene rings is 1. The molecule has 1 aromatic heterocycles. The van der Waals surface area contributed by atoms with Crippen LogP contribution >= 0.6 is 11.3 Å². The summed E-state index contributed by atoms with van der Waals surface area (Å²) in [6.07, 6.45) is 0.237. The number of aromatic nitrogens is 1. The largest absolute Gasteiger partial charge is 0.465 e. The van der Waals surface area contributed by atoms with E-state index in [9.17, 15) is 14.8 Å². The third kappa shape index (κ3) is 3.37. The molecule has 8 heteroatoms. The normalized spacial score (nSPS) is 11.7. The molecule has 2 aromatic rings. The minimum absolute atomic E-state index is 0.175. The van der Waals surface area contributed by atoms with Crippen molar-refractivity contribution in [2.24, 2.45) is 5.18 Å². The molecule has 0 bridgehead atoms. The van der Waals surface area contributed by atoms with E-state index in [-0.39, 0.29) is 21.4 Å². The summed E-state index contributed by atoms with van der Waals surface area (Å²) in [5.74, 6) is -0.196. The number of nitroso groups, excluding NO2 is 1. The minimum Gasteiger partial charge on any atom is -0.465 e. The maximum absolute atomic E-state index is 12.1. The minimum atomic E-state index is -1.03. The molecule has 104 valence electrons. The Morgan fingerprint density at radius 2 is 2.25 bits per heavy atom. The van der Waals surface area contributed by atoms with Gasteiger partial charge >= 0.3 is 0 Å². The Morgan fingerprint density at radius 3 is 2.90 bits per heavy atom. The van der Waals surface area contributed by atoms with Gasteiger partial charge in [0.2, 0.25) is 0 Å². The lowest BCUT2D eigenvalue weighted by Gasteiger charge is -2.12. The molecule has 0 saturated carbocycles. The summed E-state index contributed by atoms with van der Waals surface area (Å²) in [5, 5.41) is 14.9. The molecule has 20 heavy (non-hydrogen) atoms. The monoisotopic (exact) mass is 293 g/mol. The van der Waals surface area contributed by atoms with Gasteiger partial charge in [0.05, 0.1) is 11.8 Å². The first-order valence-electron chi connectivity index (χ1n) is 5.64. The van der Waals surface area contributed by atoms with Crippen LogP contribution < -0.4 is 10.1 Å². The first-order valence-corrected chi connectivity index (χ1v) is 6.46. The van der Waals surface area contributed by atoms with Crippen molar-refractivity contribution >= 4 is 27.4 Å². The lowest BCUT2D eigenvalue weighted by atomic mass is 10.2. The van der Waals surface area contributed by atoms with Crippen LogP contribution in [-0.2, 0) is 0 Å². The molecule has 0 saturated heterocycles. The number of carbonyl (C=O) groups is 1. The fourth-order valence-corrected chi connectivity index (χ4v) is 2.06. The first kappa shape index (κ1) is 14.1. The maximum atomic E-state index is 12.1. The van der Waals surface area contributed by atoms with Crippen LogP contribution in [0.2, 0.25) is 0 Å². The molecule has 1 amide bonds. The quantitative estimate of drug-likeness (QED) is 0.651. The van der Waals surface area contributed by atoms with E-state index >= 15 is 0 Å². The molecular weight excluding hydrogens is 282 g/mol. The summed E-state index contributed by atoms with van der Waals surface area (Å²) >= 11 is 0.963. The number of hydrogen-bond donors (Lipinski definition) is 2. The molecular formula is C12H11N3O4S. The Kier molecular flexibility index (Phi) is 4.38. The Bertz CT molecular complexity index is 627. The van der Waals surface area contributed by atoms with Crippen molar-refractivity contribution in [2.75, 3.05) is 5.32 Å². The second-order valence-corrected chi connectivity index (χ2v) is 4.77. The van der Waals surface area contributed by atoms with Crippen molar-refractivity contribution in [2.45, 2.75) is 13.2 Å². The Labute approximate surface area is 118 Å². The van der Waals surface area contributed by atoms with Crippen molar-refractivity contribution in [1.82, 2.24) is 4.98 Å². The Morgan fingerprint density at radius 1 is 1.50 bits per heavy atom. The molecule has 1 atom stereocenters. The fourth-order valence-electron chi connectivity index (χ4n) is 1.47. The van der Waals surface area contributed by atoms with Crippen LogP contribution in [-0.4, -0.2) is 22.3 Å². The van der Waals surface area contributed by atoms with E-state index in [2.05, 4.69) is 15.5 Å². The van der Waals surface area contributed by atoms with E-state index in [1.54, 1.807) is 24.3 Å². The second-order valence-electron chi connectivity index (χ2n) is 3.76. The number of ether oxygens (including phenoxy) is 1. The number of carbonyl (C=O) groups excluding carboxylic acids is 1. The summed E-state index contributed by atoms with van der Waals surface area (Å²) in [6, 6.07) is 6.48. The van der Waals surface area contributed by atoms with Crippen molar-refractivity contribution < 1.29 is 14.6 Å². The maximum Gasteiger partial charge on any atom is 0.261 e. The molecule has 7 nitrogen and oxygen atoms in total. The SMILES string of the molecule is CC(O)Oc1ccccc1C(=O)Nc1ncc(N=O)s1. The number of aliphatic hydroxyl groups excluding tert-OH is 1. The highest BCUT2D eigenvalue weighted by atomic mass is 32.1. The predicted octanol–water partition coefficient (Wildman–Crippen LogP) is 2.51. The van der Waals surface area contributed by atoms with Gasteiger partial charge in [-0.3, -0.25) is 10.1 Å². The van der Waals surface area contributed by atoms with Gasteiger partial charge in [-0.05, 0) is 24.2 Å². The number of thiazole rings is 1. The highest BCUT2D eigenvalue weighted by Crippen LogP contribution is 2.27. The predicted molar refractivity (Wildman–Crippen MR) is 74.3 cm³/mol. The van der Waals surface area contributed by atoms with E-state index in [1.165, 1.54) is 13.1 Å². The van der Waals surface area contributed by atoms with Gasteiger partial charge in [-0.2, -0.15) is 0 Å². The van der Waals surface area contributed by atoms with Gasteiger partial charge < -0.3 is 9.84 Å². The van der Waals surface area contributed by atoms with Crippen LogP contribution in [0.3, 0.4) is 0 Å². The van der Waals surface area contributed by atoms with E-state index < -0.39 is 12.2 Å². The number of hydrogen-bond acceptors (Lipinski definition) is 7. The zero-order valence-corrected chi connectivity index (χ0v) is 11.3. The van der Waals surface area contributed by atoms with Gasteiger partial charge in [-0.1, -0.05) is 23.5 Å². The molecule has 0 aliphatic heterocycles. The van der Waals surface area contributed by atoms with E-state index in [4.69, 9.17) is 4.74 Å². The number of nitrogens with zero attached hydrogens (tertiary/aromatic N) is 2. The average molecular weight is 293 g/mol. The first-order chi connectivity index (χ1) is 9.60. The topological polar surface area (TPSA) is 101 Å². The van der Waals surface area contributed by atoms with Crippen molar-refractivity contribution in [3.8, 4) is 5.75 Å². The van der Waals surface area contributed by atoms with E-state index in [0.717, 1.165) is 11.3 Å².